The van der Waals surface area contributed by atoms with E-state index in [0.717, 1.165) is 0 Å². The van der Waals surface area contributed by atoms with Crippen LogP contribution in [0.5, 0.6) is 0 Å². The first-order valence-corrected chi connectivity index (χ1v) is 3.55. The van der Waals surface area contributed by atoms with Gasteiger partial charge in [-0.1, -0.05) is 0 Å². The molecular formula is C6HF11O. The molecule has 0 atom stereocenters. The maximum absolute atomic E-state index is 12.3. The molecule has 0 amide bonds. The summed E-state index contributed by atoms with van der Waals surface area (Å²) >= 11 is 0. The Bertz CT molecular complexity index is 347. The van der Waals surface area contributed by atoms with Crippen molar-refractivity contribution >= 4 is 0 Å². The van der Waals surface area contributed by atoms with Gasteiger partial charge in [0.15, 0.2) is 0 Å². The summed E-state index contributed by atoms with van der Waals surface area (Å²) in [5, 5.41) is 7.34. The first-order chi connectivity index (χ1) is 7.60. The molecule has 108 valence electrons. The van der Waals surface area contributed by atoms with Gasteiger partial charge in [-0.3, -0.25) is 0 Å². The lowest BCUT2D eigenvalue weighted by Gasteiger charge is -2.33. The van der Waals surface area contributed by atoms with E-state index in [1.54, 1.807) is 0 Å². The summed E-state index contributed by atoms with van der Waals surface area (Å²) in [6.45, 7) is 0. The number of allylic oxidation sites excluding steroid dienone is 1. The van der Waals surface area contributed by atoms with Crippen molar-refractivity contribution in [2.24, 2.45) is 0 Å². The van der Waals surface area contributed by atoms with Crippen LogP contribution >= 0.6 is 0 Å². The van der Waals surface area contributed by atoms with Crippen LogP contribution in [-0.2, 0) is 0 Å². The summed E-state index contributed by atoms with van der Waals surface area (Å²) in [4.78, 5) is 0. The molecule has 12 heteroatoms. The van der Waals surface area contributed by atoms with Gasteiger partial charge in [-0.15, -0.1) is 0 Å². The number of halogens is 11. The third kappa shape index (κ3) is 2.24. The minimum Gasteiger partial charge on any atom is -0.331 e. The molecule has 0 unspecified atom stereocenters. The van der Waals surface area contributed by atoms with Gasteiger partial charge in [-0.05, 0) is 0 Å². The Labute approximate surface area is 90.5 Å². The van der Waals surface area contributed by atoms with Crippen molar-refractivity contribution in [2.45, 2.75) is 23.9 Å². The molecule has 18 heavy (non-hydrogen) atoms. The molecule has 0 aliphatic heterocycles. The Morgan fingerprint density at radius 1 is 0.667 bits per heavy atom. The molecule has 0 aliphatic rings. The van der Waals surface area contributed by atoms with E-state index in [1.807, 2.05) is 0 Å². The Morgan fingerprint density at radius 3 is 1.22 bits per heavy atom. The van der Waals surface area contributed by atoms with Gasteiger partial charge in [0.05, 0.1) is 0 Å². The highest BCUT2D eigenvalue weighted by atomic mass is 19.4. The van der Waals surface area contributed by atoms with Gasteiger partial charge in [-0.2, -0.15) is 48.3 Å². The molecule has 0 rings (SSSR count). The number of hydrogen-bond acceptors (Lipinski definition) is 1. The largest absolute Gasteiger partial charge is 0.423 e. The Balaban J connectivity index is 5.88. The van der Waals surface area contributed by atoms with E-state index >= 15 is 0 Å². The van der Waals surface area contributed by atoms with Crippen LogP contribution in [0.25, 0.3) is 0 Å². The standard InChI is InChI=1S/C6HF11O/c7-1(2(8)9)3(10,11)4(12,13)5(14,15)6(16,17)18/h18H. The predicted molar refractivity (Wildman–Crippen MR) is 32.4 cm³/mol. The molecule has 0 aromatic rings. The van der Waals surface area contributed by atoms with Gasteiger partial charge >= 0.3 is 30.0 Å². The number of alkyl halides is 8. The molecule has 0 aliphatic carbocycles. The predicted octanol–water partition coefficient (Wildman–Crippen LogP) is 3.55. The van der Waals surface area contributed by atoms with Crippen molar-refractivity contribution in [3.05, 3.63) is 11.9 Å². The van der Waals surface area contributed by atoms with Crippen LogP contribution < -0.4 is 0 Å². The van der Waals surface area contributed by atoms with Crippen LogP contribution in [0.3, 0.4) is 0 Å². The van der Waals surface area contributed by atoms with Crippen molar-refractivity contribution in [3.8, 4) is 0 Å². The van der Waals surface area contributed by atoms with E-state index in [4.69, 9.17) is 5.11 Å². The zero-order valence-corrected chi connectivity index (χ0v) is 7.60. The lowest BCUT2D eigenvalue weighted by Crippen LogP contribution is -2.62. The van der Waals surface area contributed by atoms with Gasteiger partial charge in [0, 0.05) is 0 Å². The second-order valence-electron chi connectivity index (χ2n) is 2.84. The summed E-state index contributed by atoms with van der Waals surface area (Å²) in [5.41, 5.74) is 0. The fourth-order valence-corrected chi connectivity index (χ4v) is 0.643. The molecular weight excluding hydrogens is 297 g/mol. The first kappa shape index (κ1) is 16.9. The molecule has 0 spiro atoms. The highest BCUT2D eigenvalue weighted by Crippen LogP contribution is 2.54. The Morgan fingerprint density at radius 2 is 1.00 bits per heavy atom. The summed E-state index contributed by atoms with van der Waals surface area (Å²) in [6, 6.07) is 0. The van der Waals surface area contributed by atoms with Crippen molar-refractivity contribution in [3.63, 3.8) is 0 Å². The van der Waals surface area contributed by atoms with Crippen molar-refractivity contribution in [1.82, 2.24) is 0 Å². The SMILES string of the molecule is OC(F)(F)C(F)(F)C(F)(F)C(F)(F)C(F)=C(F)F. The molecule has 0 aromatic heterocycles. The second-order valence-corrected chi connectivity index (χ2v) is 2.84. The van der Waals surface area contributed by atoms with E-state index in [-0.39, 0.29) is 0 Å². The highest BCUT2D eigenvalue weighted by Gasteiger charge is 2.82. The smallest absolute Gasteiger partial charge is 0.331 e. The number of rotatable bonds is 4. The monoisotopic (exact) mass is 298 g/mol. The Kier molecular flexibility index (Phi) is 3.99. The summed E-state index contributed by atoms with van der Waals surface area (Å²) < 4.78 is 132. The van der Waals surface area contributed by atoms with Gasteiger partial charge in [0.25, 0.3) is 0 Å². The second kappa shape index (κ2) is 4.24. The molecule has 0 aromatic carbocycles. The van der Waals surface area contributed by atoms with E-state index in [0.29, 0.717) is 0 Å². The maximum atomic E-state index is 12.3. The van der Waals surface area contributed by atoms with Gasteiger partial charge in [0.1, 0.15) is 0 Å². The third-order valence-electron chi connectivity index (χ3n) is 1.61. The minimum atomic E-state index is -7.30. The fourth-order valence-electron chi connectivity index (χ4n) is 0.643. The molecule has 0 bridgehead atoms. The van der Waals surface area contributed by atoms with E-state index in [9.17, 15) is 48.3 Å². The van der Waals surface area contributed by atoms with Crippen LogP contribution in [-0.4, -0.2) is 29.0 Å². The normalized spacial score (nSPS) is 14.7. The highest BCUT2D eigenvalue weighted by molar-refractivity contribution is 5.15. The van der Waals surface area contributed by atoms with E-state index < -0.39 is 35.8 Å². The van der Waals surface area contributed by atoms with Crippen LogP contribution in [0.2, 0.25) is 0 Å². The summed E-state index contributed by atoms with van der Waals surface area (Å²) in [7, 11) is 0. The zero-order chi connectivity index (χ0) is 15.2. The average molecular weight is 298 g/mol. The van der Waals surface area contributed by atoms with Crippen LogP contribution in [0, 0.1) is 0 Å². The topological polar surface area (TPSA) is 20.2 Å². The summed E-state index contributed by atoms with van der Waals surface area (Å²) in [5.74, 6) is -25.7. The molecule has 0 heterocycles. The van der Waals surface area contributed by atoms with E-state index in [2.05, 4.69) is 0 Å². The lowest BCUT2D eigenvalue weighted by molar-refractivity contribution is -0.413. The fraction of sp³-hybridized carbons (Fsp3) is 0.667. The molecule has 1 nitrogen and oxygen atoms in total. The van der Waals surface area contributed by atoms with Crippen LogP contribution in [0.15, 0.2) is 11.9 Å². The van der Waals surface area contributed by atoms with Crippen LogP contribution in [0.4, 0.5) is 48.3 Å². The van der Waals surface area contributed by atoms with E-state index in [1.165, 1.54) is 0 Å². The molecule has 0 saturated heterocycles. The van der Waals surface area contributed by atoms with Crippen molar-refractivity contribution < 1.29 is 53.4 Å². The van der Waals surface area contributed by atoms with Crippen LogP contribution in [0.1, 0.15) is 0 Å². The number of aliphatic hydroxyl groups is 1. The van der Waals surface area contributed by atoms with Crippen molar-refractivity contribution in [1.29, 1.82) is 0 Å². The first-order valence-electron chi connectivity index (χ1n) is 3.55. The number of hydrogen-bond donors (Lipinski definition) is 1. The molecule has 0 saturated carbocycles. The molecule has 1 N–H and O–H groups in total. The van der Waals surface area contributed by atoms with Crippen molar-refractivity contribution in [2.75, 3.05) is 0 Å². The van der Waals surface area contributed by atoms with Gasteiger partial charge in [0.2, 0.25) is 5.83 Å². The Hall–Kier alpha value is -1.07. The molecule has 0 fully saturated rings. The van der Waals surface area contributed by atoms with Gasteiger partial charge in [-0.25, -0.2) is 0 Å². The quantitative estimate of drug-likeness (QED) is 0.787. The average Bonchev–Trinajstić information content (AvgIpc) is 2.13. The van der Waals surface area contributed by atoms with Gasteiger partial charge < -0.3 is 5.11 Å². The summed E-state index contributed by atoms with van der Waals surface area (Å²) in [6.07, 6.45) is -10.8. The maximum Gasteiger partial charge on any atom is 0.423 e. The minimum absolute atomic E-state index is 4.10. The lowest BCUT2D eigenvalue weighted by atomic mass is 10.0. The molecule has 0 radical (unpaired) electrons. The zero-order valence-electron chi connectivity index (χ0n) is 7.60. The third-order valence-corrected chi connectivity index (χ3v) is 1.61.